The number of ether oxygens (including phenoxy) is 2. The minimum absolute atomic E-state index is 0.0424. The lowest BCUT2D eigenvalue weighted by Crippen LogP contribution is -2.52. The van der Waals surface area contributed by atoms with E-state index in [9.17, 15) is 0 Å². The van der Waals surface area contributed by atoms with Crippen molar-refractivity contribution >= 4 is 0 Å². The number of hydrogen-bond acceptors (Lipinski definition) is 4. The van der Waals surface area contributed by atoms with Crippen LogP contribution in [0.4, 0.5) is 0 Å². The lowest BCUT2D eigenvalue weighted by atomic mass is 9.95. The van der Waals surface area contributed by atoms with Gasteiger partial charge in [0.15, 0.2) is 6.29 Å². The third-order valence-corrected chi connectivity index (χ3v) is 3.72. The maximum Gasteiger partial charge on any atom is 0.158 e. The van der Waals surface area contributed by atoms with Gasteiger partial charge >= 0.3 is 0 Å². The largest absolute Gasteiger partial charge is 0.356 e. The second-order valence-electron chi connectivity index (χ2n) is 5.13. The third kappa shape index (κ3) is 3.70. The van der Waals surface area contributed by atoms with Crippen molar-refractivity contribution in [3.05, 3.63) is 0 Å². The Hall–Kier alpha value is -0.160. The highest BCUT2D eigenvalue weighted by atomic mass is 16.7. The average molecular weight is 230 g/mol. The summed E-state index contributed by atoms with van der Waals surface area (Å²) >= 11 is 0. The van der Waals surface area contributed by atoms with E-state index in [4.69, 9.17) is 15.2 Å². The molecule has 0 aliphatic heterocycles. The van der Waals surface area contributed by atoms with Crippen LogP contribution in [0.25, 0.3) is 0 Å². The molecular weight excluding hydrogens is 204 g/mol. The second kappa shape index (κ2) is 5.96. The smallest absolute Gasteiger partial charge is 0.158 e. The maximum absolute atomic E-state index is 5.91. The van der Waals surface area contributed by atoms with Crippen LogP contribution in [0.1, 0.15) is 26.2 Å². The molecule has 1 aliphatic rings. The zero-order valence-corrected chi connectivity index (χ0v) is 11.0. The van der Waals surface area contributed by atoms with Gasteiger partial charge in [0.1, 0.15) is 0 Å². The van der Waals surface area contributed by atoms with Crippen LogP contribution in [0, 0.1) is 5.92 Å². The number of likely N-dealkylation sites (N-methyl/N-ethyl adjacent to an activating group) is 1. The van der Waals surface area contributed by atoms with Crippen molar-refractivity contribution in [2.75, 3.05) is 34.4 Å². The molecule has 1 saturated carbocycles. The molecular formula is C12H26N2O2. The Morgan fingerprint density at radius 2 is 1.94 bits per heavy atom. The van der Waals surface area contributed by atoms with Gasteiger partial charge in [0.25, 0.3) is 0 Å². The molecule has 0 bridgehead atoms. The fraction of sp³-hybridized carbons (Fsp3) is 1.00. The van der Waals surface area contributed by atoms with Crippen molar-refractivity contribution in [3.63, 3.8) is 0 Å². The summed E-state index contributed by atoms with van der Waals surface area (Å²) in [5.74, 6) is 0.874. The molecule has 96 valence electrons. The fourth-order valence-electron chi connectivity index (χ4n) is 1.93. The van der Waals surface area contributed by atoms with Crippen molar-refractivity contribution < 1.29 is 9.47 Å². The minimum atomic E-state index is -0.171. The molecule has 0 aromatic rings. The molecule has 0 heterocycles. The molecule has 4 nitrogen and oxygen atoms in total. The van der Waals surface area contributed by atoms with Crippen LogP contribution in [-0.2, 0) is 9.47 Å². The van der Waals surface area contributed by atoms with Crippen molar-refractivity contribution in [2.45, 2.75) is 38.0 Å². The molecule has 1 rings (SSSR count). The van der Waals surface area contributed by atoms with Gasteiger partial charge in [-0.3, -0.25) is 4.90 Å². The molecule has 1 atom stereocenters. The van der Waals surface area contributed by atoms with Gasteiger partial charge in [0.05, 0.1) is 0 Å². The highest BCUT2D eigenvalue weighted by Crippen LogP contribution is 2.32. The SMILES string of the molecule is COC(CC(C)(CN)N(C)CC1CC1)OC. The van der Waals surface area contributed by atoms with Crippen LogP contribution >= 0.6 is 0 Å². The Labute approximate surface area is 99.1 Å². The number of hydrogen-bond donors (Lipinski definition) is 1. The van der Waals surface area contributed by atoms with Crippen LogP contribution in [-0.4, -0.2) is 51.1 Å². The van der Waals surface area contributed by atoms with Gasteiger partial charge in [-0.15, -0.1) is 0 Å². The first-order chi connectivity index (χ1) is 7.55. The summed E-state index contributed by atoms with van der Waals surface area (Å²) in [6.45, 7) is 3.94. The van der Waals surface area contributed by atoms with E-state index in [0.717, 1.165) is 18.9 Å². The number of nitrogens with two attached hydrogens (primary N) is 1. The van der Waals surface area contributed by atoms with Gasteiger partial charge in [-0.05, 0) is 32.7 Å². The van der Waals surface area contributed by atoms with Crippen LogP contribution in [0.5, 0.6) is 0 Å². The van der Waals surface area contributed by atoms with E-state index in [1.54, 1.807) is 14.2 Å². The summed E-state index contributed by atoms with van der Waals surface area (Å²) in [7, 11) is 5.49. The van der Waals surface area contributed by atoms with E-state index >= 15 is 0 Å². The number of rotatable bonds is 8. The molecule has 1 unspecified atom stereocenters. The zero-order valence-electron chi connectivity index (χ0n) is 11.0. The maximum atomic E-state index is 5.91. The van der Waals surface area contributed by atoms with Gasteiger partial charge < -0.3 is 15.2 Å². The molecule has 0 radical (unpaired) electrons. The first-order valence-electron chi connectivity index (χ1n) is 6.02. The Morgan fingerprint density at radius 3 is 2.31 bits per heavy atom. The third-order valence-electron chi connectivity index (χ3n) is 3.72. The molecule has 16 heavy (non-hydrogen) atoms. The quantitative estimate of drug-likeness (QED) is 0.633. The number of nitrogens with zero attached hydrogens (tertiary/aromatic N) is 1. The highest BCUT2D eigenvalue weighted by Gasteiger charge is 2.34. The Balaban J connectivity index is 2.51. The molecule has 2 N–H and O–H groups in total. The van der Waals surface area contributed by atoms with Gasteiger partial charge in [0, 0.05) is 39.3 Å². The second-order valence-corrected chi connectivity index (χ2v) is 5.13. The Morgan fingerprint density at radius 1 is 1.38 bits per heavy atom. The Bertz CT molecular complexity index is 205. The molecule has 1 aliphatic carbocycles. The van der Waals surface area contributed by atoms with Crippen LogP contribution in [0.15, 0.2) is 0 Å². The summed E-state index contributed by atoms with van der Waals surface area (Å²) in [6.07, 6.45) is 3.36. The lowest BCUT2D eigenvalue weighted by Gasteiger charge is -2.39. The predicted octanol–water partition coefficient (Wildman–Crippen LogP) is 1.05. The van der Waals surface area contributed by atoms with E-state index in [1.807, 2.05) is 0 Å². The zero-order chi connectivity index (χ0) is 12.2. The Kier molecular flexibility index (Phi) is 5.18. The minimum Gasteiger partial charge on any atom is -0.356 e. The monoisotopic (exact) mass is 230 g/mol. The van der Waals surface area contributed by atoms with Gasteiger partial charge in [0.2, 0.25) is 0 Å². The van der Waals surface area contributed by atoms with Gasteiger partial charge in [-0.2, -0.15) is 0 Å². The van der Waals surface area contributed by atoms with Gasteiger partial charge in [-0.1, -0.05) is 0 Å². The van der Waals surface area contributed by atoms with E-state index in [2.05, 4.69) is 18.9 Å². The van der Waals surface area contributed by atoms with Crippen LogP contribution in [0.2, 0.25) is 0 Å². The van der Waals surface area contributed by atoms with Crippen molar-refractivity contribution in [3.8, 4) is 0 Å². The fourth-order valence-corrected chi connectivity index (χ4v) is 1.93. The summed E-state index contributed by atoms with van der Waals surface area (Å²) in [5, 5.41) is 0. The summed E-state index contributed by atoms with van der Waals surface area (Å²) in [4.78, 5) is 2.36. The summed E-state index contributed by atoms with van der Waals surface area (Å²) < 4.78 is 10.5. The molecule has 0 aromatic heterocycles. The van der Waals surface area contributed by atoms with Crippen molar-refractivity contribution in [1.82, 2.24) is 4.90 Å². The van der Waals surface area contributed by atoms with Crippen LogP contribution in [0.3, 0.4) is 0 Å². The molecule has 1 fully saturated rings. The van der Waals surface area contributed by atoms with Crippen LogP contribution < -0.4 is 5.73 Å². The summed E-state index contributed by atoms with van der Waals surface area (Å²) in [5.41, 5.74) is 5.87. The van der Waals surface area contributed by atoms with Crippen molar-refractivity contribution in [2.24, 2.45) is 11.7 Å². The highest BCUT2D eigenvalue weighted by molar-refractivity contribution is 4.89. The molecule has 0 spiro atoms. The van der Waals surface area contributed by atoms with E-state index in [-0.39, 0.29) is 11.8 Å². The number of methoxy groups -OCH3 is 2. The summed E-state index contributed by atoms with van der Waals surface area (Å²) in [6, 6.07) is 0. The molecule has 0 amide bonds. The van der Waals surface area contributed by atoms with E-state index < -0.39 is 0 Å². The van der Waals surface area contributed by atoms with Crippen molar-refractivity contribution in [1.29, 1.82) is 0 Å². The van der Waals surface area contributed by atoms with E-state index in [1.165, 1.54) is 12.8 Å². The molecule has 4 heteroatoms. The first kappa shape index (κ1) is 13.9. The molecule has 0 saturated heterocycles. The topological polar surface area (TPSA) is 47.7 Å². The first-order valence-corrected chi connectivity index (χ1v) is 6.02. The predicted molar refractivity (Wildman–Crippen MR) is 65.2 cm³/mol. The normalized spacial score (nSPS) is 20.4. The lowest BCUT2D eigenvalue weighted by molar-refractivity contribution is -0.127. The van der Waals surface area contributed by atoms with Gasteiger partial charge in [-0.25, -0.2) is 0 Å². The standard InChI is InChI=1S/C12H26N2O2/c1-12(9-13,7-11(15-3)16-4)14(2)8-10-5-6-10/h10-11H,5-9,13H2,1-4H3. The van der Waals surface area contributed by atoms with E-state index in [0.29, 0.717) is 6.54 Å². The molecule has 0 aromatic carbocycles. The average Bonchev–Trinajstić information content (AvgIpc) is 3.09.